The van der Waals surface area contributed by atoms with Gasteiger partial charge >= 0.3 is 18.2 Å². The summed E-state index contributed by atoms with van der Waals surface area (Å²) >= 11 is 0. The van der Waals surface area contributed by atoms with Gasteiger partial charge in [0, 0.05) is 13.1 Å². The van der Waals surface area contributed by atoms with Gasteiger partial charge in [-0.2, -0.15) is 13.2 Å². The van der Waals surface area contributed by atoms with E-state index in [9.17, 15) is 27.2 Å². The quantitative estimate of drug-likeness (QED) is 0.214. The van der Waals surface area contributed by atoms with Crippen LogP contribution in [0.3, 0.4) is 0 Å². The molecule has 1 saturated heterocycles. The van der Waals surface area contributed by atoms with Gasteiger partial charge in [0.15, 0.2) is 0 Å². The molecule has 0 bridgehead atoms. The van der Waals surface area contributed by atoms with E-state index in [2.05, 4.69) is 21.9 Å². The number of hydrogen-bond acceptors (Lipinski definition) is 4. The number of carbonyl (C=O) groups excluding carboxylic acids is 2. The molecule has 41 heavy (non-hydrogen) atoms. The summed E-state index contributed by atoms with van der Waals surface area (Å²) in [6, 6.07) is 22.5. The first-order valence-corrected chi connectivity index (χ1v) is 13.6. The molecule has 3 aromatic rings. The molecular weight excluding hydrogens is 538 g/mol. The van der Waals surface area contributed by atoms with Crippen LogP contribution in [0.15, 0.2) is 84.9 Å². The van der Waals surface area contributed by atoms with Gasteiger partial charge < -0.3 is 14.6 Å². The lowest BCUT2D eigenvalue weighted by atomic mass is 9.90. The lowest BCUT2D eigenvalue weighted by Crippen LogP contribution is -2.47. The lowest BCUT2D eigenvalue weighted by Gasteiger charge is -2.33. The molecule has 0 aliphatic carbocycles. The van der Waals surface area contributed by atoms with Crippen molar-refractivity contribution in [1.29, 1.82) is 0 Å². The summed E-state index contributed by atoms with van der Waals surface area (Å²) < 4.78 is 52.7. The molecular formula is C31H33F4N3O3. The van der Waals surface area contributed by atoms with Gasteiger partial charge in [0.05, 0.1) is 5.69 Å². The third-order valence-corrected chi connectivity index (χ3v) is 7.10. The second kappa shape index (κ2) is 14.1. The van der Waals surface area contributed by atoms with Crippen LogP contribution in [0.2, 0.25) is 0 Å². The van der Waals surface area contributed by atoms with Crippen molar-refractivity contribution in [2.45, 2.75) is 38.4 Å². The SMILES string of the molecule is O=C(N(CCCN1CCC(Cc2ccccc2)CC1)Cc1ccccc1)N(OC(=O)C(F)(F)F)c1ccc(F)cc1. The number of piperidine rings is 1. The zero-order chi connectivity index (χ0) is 29.2. The fraction of sp³-hybridized carbons (Fsp3) is 0.355. The van der Waals surface area contributed by atoms with Crippen molar-refractivity contribution in [1.82, 2.24) is 9.80 Å². The van der Waals surface area contributed by atoms with E-state index >= 15 is 0 Å². The predicted octanol–water partition coefficient (Wildman–Crippen LogP) is 6.62. The van der Waals surface area contributed by atoms with Crippen molar-refractivity contribution in [2.75, 3.05) is 31.2 Å². The van der Waals surface area contributed by atoms with Crippen LogP contribution < -0.4 is 5.06 Å². The van der Waals surface area contributed by atoms with Crippen LogP contribution in [0.5, 0.6) is 0 Å². The maximum atomic E-state index is 13.6. The van der Waals surface area contributed by atoms with Gasteiger partial charge in [0.1, 0.15) is 5.82 Å². The van der Waals surface area contributed by atoms with Crippen LogP contribution in [-0.4, -0.2) is 54.2 Å². The topological polar surface area (TPSA) is 53.1 Å². The zero-order valence-electron chi connectivity index (χ0n) is 22.6. The van der Waals surface area contributed by atoms with E-state index in [-0.39, 0.29) is 23.8 Å². The highest BCUT2D eigenvalue weighted by Crippen LogP contribution is 2.25. The third kappa shape index (κ3) is 9.04. The van der Waals surface area contributed by atoms with E-state index in [4.69, 9.17) is 0 Å². The molecule has 1 heterocycles. The van der Waals surface area contributed by atoms with Gasteiger partial charge in [0.25, 0.3) is 0 Å². The largest absolute Gasteiger partial charge is 0.493 e. The van der Waals surface area contributed by atoms with Gasteiger partial charge in [-0.1, -0.05) is 60.7 Å². The van der Waals surface area contributed by atoms with Crippen LogP contribution in [0.4, 0.5) is 28.0 Å². The summed E-state index contributed by atoms with van der Waals surface area (Å²) in [6.45, 7) is 2.85. The number of likely N-dealkylation sites (tertiary alicyclic amines) is 1. The highest BCUT2D eigenvalue weighted by atomic mass is 19.4. The van der Waals surface area contributed by atoms with Crippen LogP contribution in [0, 0.1) is 11.7 Å². The van der Waals surface area contributed by atoms with Gasteiger partial charge in [-0.05, 0) is 86.6 Å². The molecule has 1 fully saturated rings. The average Bonchev–Trinajstić information content (AvgIpc) is 2.97. The number of hydroxylamine groups is 1. The second-order valence-corrected chi connectivity index (χ2v) is 10.2. The van der Waals surface area contributed by atoms with Gasteiger partial charge in [-0.3, -0.25) is 0 Å². The molecule has 0 aromatic heterocycles. The molecule has 1 aliphatic rings. The number of benzene rings is 3. The highest BCUT2D eigenvalue weighted by Gasteiger charge is 2.44. The smallest absolute Gasteiger partial charge is 0.323 e. The molecule has 3 aromatic carbocycles. The van der Waals surface area contributed by atoms with Crippen molar-refractivity contribution in [3.8, 4) is 0 Å². The normalized spacial score (nSPS) is 14.4. The van der Waals surface area contributed by atoms with E-state index in [0.29, 0.717) is 18.9 Å². The van der Waals surface area contributed by atoms with Gasteiger partial charge in [-0.25, -0.2) is 14.0 Å². The Morgan fingerprint density at radius 1 is 0.854 bits per heavy atom. The number of amides is 2. The number of rotatable bonds is 9. The summed E-state index contributed by atoms with van der Waals surface area (Å²) in [5, 5.41) is 0.285. The number of alkyl halides is 3. The second-order valence-electron chi connectivity index (χ2n) is 10.2. The number of carbonyl (C=O) groups is 2. The Labute approximate surface area is 237 Å². The Morgan fingerprint density at radius 2 is 1.44 bits per heavy atom. The number of hydrogen-bond donors (Lipinski definition) is 0. The van der Waals surface area contributed by atoms with E-state index in [0.717, 1.165) is 62.2 Å². The Kier molecular flexibility index (Phi) is 10.3. The monoisotopic (exact) mass is 571 g/mol. The average molecular weight is 572 g/mol. The molecule has 0 unspecified atom stereocenters. The molecule has 0 radical (unpaired) electrons. The van der Waals surface area contributed by atoms with Crippen LogP contribution in [-0.2, 0) is 22.6 Å². The molecule has 2 amide bonds. The van der Waals surface area contributed by atoms with E-state index in [1.165, 1.54) is 10.5 Å². The Bertz CT molecular complexity index is 1250. The molecule has 10 heteroatoms. The highest BCUT2D eigenvalue weighted by molar-refractivity contribution is 5.92. The predicted molar refractivity (Wildman–Crippen MR) is 147 cm³/mol. The number of urea groups is 1. The van der Waals surface area contributed by atoms with Crippen molar-refractivity contribution in [3.05, 3.63) is 102 Å². The van der Waals surface area contributed by atoms with E-state index < -0.39 is 24.0 Å². The van der Waals surface area contributed by atoms with Gasteiger partial charge in [-0.15, -0.1) is 5.06 Å². The van der Waals surface area contributed by atoms with E-state index in [1.54, 1.807) is 24.3 Å². The minimum atomic E-state index is -5.32. The summed E-state index contributed by atoms with van der Waals surface area (Å²) in [6.07, 6.45) is -1.59. The molecule has 0 spiro atoms. The third-order valence-electron chi connectivity index (χ3n) is 7.10. The van der Waals surface area contributed by atoms with Crippen LogP contribution in [0.1, 0.15) is 30.4 Å². The minimum Gasteiger partial charge on any atom is -0.323 e. The number of nitrogens with zero attached hydrogens (tertiary/aromatic N) is 3. The molecule has 218 valence electrons. The Morgan fingerprint density at radius 3 is 2.02 bits per heavy atom. The first kappa shape index (κ1) is 30.0. The van der Waals surface area contributed by atoms with Crippen molar-refractivity contribution >= 4 is 17.7 Å². The zero-order valence-corrected chi connectivity index (χ0v) is 22.6. The fourth-order valence-electron chi connectivity index (χ4n) is 4.93. The summed E-state index contributed by atoms with van der Waals surface area (Å²) in [5.74, 6) is -2.59. The standard InChI is InChI=1S/C31H33F4N3O3/c32-27-12-14-28(15-13-27)38(41-29(39)31(33,34)35)30(40)37(23-26-10-5-2-6-11-26)19-7-18-36-20-16-25(17-21-36)22-24-8-3-1-4-9-24/h1-6,8-15,25H,7,16-23H2. The first-order valence-electron chi connectivity index (χ1n) is 13.6. The first-order chi connectivity index (χ1) is 19.7. The maximum absolute atomic E-state index is 13.6. The molecule has 1 aliphatic heterocycles. The number of halogens is 4. The lowest BCUT2D eigenvalue weighted by molar-refractivity contribution is -0.200. The Hall–Kier alpha value is -3.92. The molecule has 0 saturated carbocycles. The summed E-state index contributed by atoms with van der Waals surface area (Å²) in [4.78, 5) is 33.5. The molecule has 0 atom stereocenters. The maximum Gasteiger partial charge on any atom is 0.493 e. The van der Waals surface area contributed by atoms with E-state index in [1.807, 2.05) is 24.3 Å². The summed E-state index contributed by atoms with van der Waals surface area (Å²) in [5.41, 5.74) is 1.88. The Balaban J connectivity index is 1.42. The van der Waals surface area contributed by atoms with Gasteiger partial charge in [0.2, 0.25) is 0 Å². The molecule has 6 nitrogen and oxygen atoms in total. The van der Waals surface area contributed by atoms with Crippen LogP contribution >= 0.6 is 0 Å². The van der Waals surface area contributed by atoms with Crippen molar-refractivity contribution in [2.24, 2.45) is 5.92 Å². The molecule has 0 N–H and O–H groups in total. The van der Waals surface area contributed by atoms with Crippen LogP contribution in [0.25, 0.3) is 0 Å². The molecule has 4 rings (SSSR count). The number of anilines is 1. The fourth-order valence-corrected chi connectivity index (χ4v) is 4.93. The summed E-state index contributed by atoms with van der Waals surface area (Å²) in [7, 11) is 0. The van der Waals surface area contributed by atoms with Crippen molar-refractivity contribution < 1.29 is 32.0 Å². The minimum absolute atomic E-state index is 0.0834. The van der Waals surface area contributed by atoms with Crippen molar-refractivity contribution in [3.63, 3.8) is 0 Å².